The highest BCUT2D eigenvalue weighted by Gasteiger charge is 2.24. The van der Waals surface area contributed by atoms with Crippen molar-refractivity contribution in [1.82, 2.24) is 0 Å². The predicted octanol–water partition coefficient (Wildman–Crippen LogP) is 3.02. The van der Waals surface area contributed by atoms with E-state index in [9.17, 15) is 13.2 Å². The van der Waals surface area contributed by atoms with Gasteiger partial charge in [0.05, 0.1) is 11.5 Å². The highest BCUT2D eigenvalue weighted by Crippen LogP contribution is 2.20. The van der Waals surface area contributed by atoms with Gasteiger partial charge in [-0.15, -0.1) is 0 Å². The maximum Gasteiger partial charge on any atom is 0.412 e. The Kier molecular flexibility index (Phi) is 5.19. The standard InChI is InChI=1S/C16H24N2O4S/c1-16(2,3)22-15(19)18-13-8-6-12(7-9-13)17-14-5-4-10-23(20,21)11-14/h6-9,14,17H,4-5,10-11H2,1-3H3,(H,18,19). The molecule has 0 radical (unpaired) electrons. The lowest BCUT2D eigenvalue weighted by molar-refractivity contribution is 0.0636. The molecule has 1 fully saturated rings. The average Bonchev–Trinajstić information content (AvgIpc) is 2.37. The van der Waals surface area contributed by atoms with Gasteiger partial charge in [0, 0.05) is 17.4 Å². The minimum Gasteiger partial charge on any atom is -0.444 e. The van der Waals surface area contributed by atoms with Crippen LogP contribution in [0.25, 0.3) is 0 Å². The SMILES string of the molecule is CC(C)(C)OC(=O)Nc1ccc(NC2CCCS(=O)(=O)C2)cc1. The lowest BCUT2D eigenvalue weighted by Crippen LogP contribution is -2.34. The van der Waals surface area contributed by atoms with Gasteiger partial charge < -0.3 is 10.1 Å². The van der Waals surface area contributed by atoms with E-state index in [4.69, 9.17) is 4.74 Å². The van der Waals surface area contributed by atoms with Gasteiger partial charge in [-0.05, 0) is 57.9 Å². The fourth-order valence-corrected chi connectivity index (χ4v) is 4.08. The first-order valence-corrected chi connectivity index (χ1v) is 9.52. The normalized spacial score (nSPS) is 20.6. The maximum atomic E-state index is 11.7. The van der Waals surface area contributed by atoms with E-state index in [0.29, 0.717) is 12.1 Å². The van der Waals surface area contributed by atoms with E-state index in [2.05, 4.69) is 10.6 Å². The molecule has 1 aliphatic heterocycles. The Labute approximate surface area is 137 Å². The zero-order valence-electron chi connectivity index (χ0n) is 13.8. The largest absolute Gasteiger partial charge is 0.444 e. The van der Waals surface area contributed by atoms with Gasteiger partial charge >= 0.3 is 6.09 Å². The van der Waals surface area contributed by atoms with E-state index in [0.717, 1.165) is 12.1 Å². The Morgan fingerprint density at radius 3 is 2.35 bits per heavy atom. The molecule has 0 aliphatic carbocycles. The summed E-state index contributed by atoms with van der Waals surface area (Å²) in [6.45, 7) is 5.41. The number of amides is 1. The van der Waals surface area contributed by atoms with Crippen molar-refractivity contribution in [3.8, 4) is 0 Å². The van der Waals surface area contributed by atoms with Crippen molar-refractivity contribution in [3.63, 3.8) is 0 Å². The van der Waals surface area contributed by atoms with Crippen LogP contribution < -0.4 is 10.6 Å². The van der Waals surface area contributed by atoms with Crippen LogP contribution in [0.15, 0.2) is 24.3 Å². The number of anilines is 2. The molecule has 2 N–H and O–H groups in total. The minimum absolute atomic E-state index is 0.0570. The summed E-state index contributed by atoms with van der Waals surface area (Å²) in [5.74, 6) is 0.453. The van der Waals surface area contributed by atoms with Crippen LogP contribution in [-0.4, -0.2) is 37.7 Å². The molecule has 1 atom stereocenters. The van der Waals surface area contributed by atoms with Gasteiger partial charge in [-0.3, -0.25) is 5.32 Å². The monoisotopic (exact) mass is 340 g/mol. The number of carbonyl (C=O) groups is 1. The van der Waals surface area contributed by atoms with Crippen molar-refractivity contribution in [1.29, 1.82) is 0 Å². The molecule has 7 heteroatoms. The fraction of sp³-hybridized carbons (Fsp3) is 0.562. The van der Waals surface area contributed by atoms with Crippen molar-refractivity contribution in [2.24, 2.45) is 0 Å². The first-order chi connectivity index (χ1) is 10.6. The summed E-state index contributed by atoms with van der Waals surface area (Å²) in [5, 5.41) is 5.89. The molecule has 23 heavy (non-hydrogen) atoms. The minimum atomic E-state index is -2.93. The predicted molar refractivity (Wildman–Crippen MR) is 91.6 cm³/mol. The van der Waals surface area contributed by atoms with Crippen LogP contribution in [0.2, 0.25) is 0 Å². The first kappa shape index (κ1) is 17.6. The van der Waals surface area contributed by atoms with Gasteiger partial charge in [0.2, 0.25) is 0 Å². The Bertz CT molecular complexity index is 648. The first-order valence-electron chi connectivity index (χ1n) is 7.70. The van der Waals surface area contributed by atoms with Crippen LogP contribution >= 0.6 is 0 Å². The van der Waals surface area contributed by atoms with Gasteiger partial charge in [0.15, 0.2) is 9.84 Å². The van der Waals surface area contributed by atoms with E-state index in [1.165, 1.54) is 0 Å². The van der Waals surface area contributed by atoms with Crippen LogP contribution in [0, 0.1) is 0 Å². The summed E-state index contributed by atoms with van der Waals surface area (Å²) >= 11 is 0. The molecule has 1 amide bonds. The van der Waals surface area contributed by atoms with Crippen LogP contribution in [-0.2, 0) is 14.6 Å². The van der Waals surface area contributed by atoms with Gasteiger partial charge in [-0.25, -0.2) is 13.2 Å². The van der Waals surface area contributed by atoms with E-state index in [-0.39, 0.29) is 17.5 Å². The third-order valence-electron chi connectivity index (χ3n) is 3.36. The van der Waals surface area contributed by atoms with Gasteiger partial charge in [0.1, 0.15) is 5.60 Å². The zero-order valence-corrected chi connectivity index (χ0v) is 14.6. The lowest BCUT2D eigenvalue weighted by Gasteiger charge is -2.24. The zero-order chi connectivity index (χ0) is 17.1. The van der Waals surface area contributed by atoms with Crippen molar-refractivity contribution in [3.05, 3.63) is 24.3 Å². The lowest BCUT2D eigenvalue weighted by atomic mass is 10.1. The number of ether oxygens (including phenoxy) is 1. The van der Waals surface area contributed by atoms with Crippen molar-refractivity contribution in [2.75, 3.05) is 22.1 Å². The summed E-state index contributed by atoms with van der Waals surface area (Å²) < 4.78 is 28.5. The second-order valence-electron chi connectivity index (χ2n) is 6.80. The second kappa shape index (κ2) is 6.78. The molecule has 1 aliphatic rings. The number of carbonyl (C=O) groups excluding carboxylic acids is 1. The highest BCUT2D eigenvalue weighted by molar-refractivity contribution is 7.91. The van der Waals surface area contributed by atoms with Crippen LogP contribution in [0.4, 0.5) is 16.2 Å². The number of hydrogen-bond donors (Lipinski definition) is 2. The third kappa shape index (κ3) is 6.09. The van der Waals surface area contributed by atoms with Crippen molar-refractivity contribution >= 4 is 27.3 Å². The molecule has 1 aromatic rings. The van der Waals surface area contributed by atoms with Crippen LogP contribution in [0.1, 0.15) is 33.6 Å². The van der Waals surface area contributed by atoms with Gasteiger partial charge in [-0.2, -0.15) is 0 Å². The van der Waals surface area contributed by atoms with Crippen LogP contribution in [0.5, 0.6) is 0 Å². The van der Waals surface area contributed by atoms with Crippen molar-refractivity contribution in [2.45, 2.75) is 45.3 Å². The molecule has 0 spiro atoms. The van der Waals surface area contributed by atoms with E-state index >= 15 is 0 Å². The molecule has 2 rings (SSSR count). The number of benzene rings is 1. The molecule has 1 aromatic carbocycles. The molecular formula is C16H24N2O4S. The Morgan fingerprint density at radius 1 is 1.17 bits per heavy atom. The molecule has 0 aromatic heterocycles. The molecule has 0 bridgehead atoms. The summed E-state index contributed by atoms with van der Waals surface area (Å²) in [6, 6.07) is 7.08. The summed E-state index contributed by atoms with van der Waals surface area (Å²) in [4.78, 5) is 11.7. The molecule has 1 heterocycles. The molecule has 6 nitrogen and oxygen atoms in total. The number of rotatable bonds is 3. The van der Waals surface area contributed by atoms with Crippen molar-refractivity contribution < 1.29 is 17.9 Å². The number of nitrogens with one attached hydrogen (secondary N) is 2. The molecule has 0 saturated carbocycles. The fourth-order valence-electron chi connectivity index (χ4n) is 2.44. The molecule has 128 valence electrons. The number of hydrogen-bond acceptors (Lipinski definition) is 5. The van der Waals surface area contributed by atoms with Gasteiger partial charge in [-0.1, -0.05) is 0 Å². The quantitative estimate of drug-likeness (QED) is 0.883. The Hall–Kier alpha value is -1.76. The third-order valence-corrected chi connectivity index (χ3v) is 5.18. The van der Waals surface area contributed by atoms with E-state index in [1.807, 2.05) is 12.1 Å². The number of sulfone groups is 1. The molecule has 1 saturated heterocycles. The van der Waals surface area contributed by atoms with Gasteiger partial charge in [0.25, 0.3) is 0 Å². The average molecular weight is 340 g/mol. The van der Waals surface area contributed by atoms with E-state index < -0.39 is 21.5 Å². The maximum absolute atomic E-state index is 11.7. The van der Waals surface area contributed by atoms with Crippen LogP contribution in [0.3, 0.4) is 0 Å². The Balaban J connectivity index is 1.91. The summed E-state index contributed by atoms with van der Waals surface area (Å²) in [6.07, 6.45) is 1.03. The van der Waals surface area contributed by atoms with E-state index in [1.54, 1.807) is 32.9 Å². The highest BCUT2D eigenvalue weighted by atomic mass is 32.2. The molecular weight excluding hydrogens is 316 g/mol. The molecule has 1 unspecified atom stereocenters. The smallest absolute Gasteiger partial charge is 0.412 e. The summed E-state index contributed by atoms with van der Waals surface area (Å²) in [5.41, 5.74) is 0.917. The summed E-state index contributed by atoms with van der Waals surface area (Å²) in [7, 11) is -2.93. The Morgan fingerprint density at radius 2 is 1.78 bits per heavy atom. The topological polar surface area (TPSA) is 84.5 Å². The second-order valence-corrected chi connectivity index (χ2v) is 9.03.